The van der Waals surface area contributed by atoms with Gasteiger partial charge in [0, 0.05) is 39.4 Å². The molecule has 0 atom stereocenters. The fourth-order valence-electron chi connectivity index (χ4n) is 8.24. The van der Waals surface area contributed by atoms with Crippen LogP contribution in [0.3, 0.4) is 0 Å². The summed E-state index contributed by atoms with van der Waals surface area (Å²) in [6, 6.07) is 55.6. The number of hydrogen-bond donors (Lipinski definition) is 0. The predicted molar refractivity (Wildman–Crippen MR) is 229 cm³/mol. The normalized spacial score (nSPS) is 13.3. The summed E-state index contributed by atoms with van der Waals surface area (Å²) >= 11 is 0. The third kappa shape index (κ3) is 5.41. The van der Waals surface area contributed by atoms with E-state index in [9.17, 15) is 0 Å². The van der Waals surface area contributed by atoms with Crippen LogP contribution in [0.2, 0.25) is 0 Å². The Bertz CT molecular complexity index is 2840. The Morgan fingerprint density at radius 1 is 0.566 bits per heavy atom. The number of nitrogens with zero attached hydrogens (tertiary/aromatic N) is 2. The molecule has 1 aliphatic carbocycles. The summed E-state index contributed by atoms with van der Waals surface area (Å²) in [6.45, 7) is 7.04. The average Bonchev–Trinajstić information content (AvgIpc) is 3.21. The van der Waals surface area contributed by atoms with Gasteiger partial charge in [-0.1, -0.05) is 140 Å². The Labute approximate surface area is 311 Å². The first-order valence-electron chi connectivity index (χ1n) is 18.4. The molecule has 0 fully saturated rings. The number of benzene rings is 7. The minimum Gasteiger partial charge on any atom is -0.310 e. The highest BCUT2D eigenvalue weighted by atomic mass is 31.1. The number of aryl methyl sites for hydroxylation is 1. The number of hydrogen-bond acceptors (Lipinski definition) is 2. The average molecular weight is 697 g/mol. The van der Waals surface area contributed by atoms with E-state index >= 15 is 0 Å². The first kappa shape index (κ1) is 31.6. The van der Waals surface area contributed by atoms with Crippen LogP contribution in [-0.4, -0.2) is 4.98 Å². The molecule has 0 saturated carbocycles. The summed E-state index contributed by atoms with van der Waals surface area (Å²) in [6.07, 6.45) is 9.00. The van der Waals surface area contributed by atoms with Crippen LogP contribution in [0.5, 0.6) is 0 Å². The van der Waals surface area contributed by atoms with E-state index in [0.29, 0.717) is 0 Å². The lowest BCUT2D eigenvalue weighted by atomic mass is 9.86. The van der Waals surface area contributed by atoms with E-state index < -0.39 is 7.92 Å². The van der Waals surface area contributed by atoms with Gasteiger partial charge in [-0.25, -0.2) is 0 Å². The zero-order valence-corrected chi connectivity index (χ0v) is 30.5. The fraction of sp³-hybridized carbons (Fsp3) is 0.0600. The molecule has 0 unspecified atom stereocenters. The molecule has 1 aliphatic heterocycles. The molecule has 2 nitrogen and oxygen atoms in total. The molecule has 0 bridgehead atoms. The lowest BCUT2D eigenvalue weighted by Crippen LogP contribution is -2.31. The van der Waals surface area contributed by atoms with Gasteiger partial charge in [-0.05, 0) is 112 Å². The van der Waals surface area contributed by atoms with E-state index in [2.05, 4.69) is 182 Å². The zero-order valence-electron chi connectivity index (χ0n) is 29.6. The van der Waals surface area contributed by atoms with Crippen molar-refractivity contribution in [2.45, 2.75) is 19.8 Å². The standard InChI is InChI=1S/C50H37N2P/c1-33-21-22-39(38-23-24-40-27-43(32-51-47(40)29-38)53(41-16-5-3-6-17-41)42-18-7-4-8-19-42)30-48(33)52-34(2)50-44-20-12-11-13-35(44)25-26-45(50)46-28-36-14-9-10-15-37(36)31-49(46)52/h3-8,11-32H,2,9-10H2,1H3. The molecule has 0 amide bonds. The van der Waals surface area contributed by atoms with Crippen molar-refractivity contribution in [1.82, 2.24) is 4.98 Å². The van der Waals surface area contributed by atoms with Gasteiger partial charge in [0.2, 0.25) is 0 Å². The Morgan fingerprint density at radius 2 is 1.23 bits per heavy atom. The molecule has 3 heteroatoms. The number of rotatable bonds is 5. The third-order valence-electron chi connectivity index (χ3n) is 10.9. The highest BCUT2D eigenvalue weighted by Crippen LogP contribution is 2.50. The summed E-state index contributed by atoms with van der Waals surface area (Å²) in [5, 5.41) is 10.1. The molecule has 252 valence electrons. The largest absolute Gasteiger partial charge is 0.310 e. The number of anilines is 2. The summed E-state index contributed by atoms with van der Waals surface area (Å²) in [4.78, 5) is 7.50. The highest BCUT2D eigenvalue weighted by Gasteiger charge is 2.29. The van der Waals surface area contributed by atoms with Gasteiger partial charge >= 0.3 is 0 Å². The van der Waals surface area contributed by atoms with Crippen molar-refractivity contribution in [1.29, 1.82) is 0 Å². The van der Waals surface area contributed by atoms with Crippen molar-refractivity contribution >= 4 is 74.7 Å². The molecule has 2 aliphatic rings. The quantitative estimate of drug-likeness (QED) is 0.167. The van der Waals surface area contributed by atoms with Crippen molar-refractivity contribution in [2.75, 3.05) is 4.90 Å². The maximum absolute atomic E-state index is 5.09. The van der Waals surface area contributed by atoms with E-state index in [4.69, 9.17) is 11.6 Å². The lowest BCUT2D eigenvalue weighted by molar-refractivity contribution is 1.11. The van der Waals surface area contributed by atoms with Gasteiger partial charge in [0.15, 0.2) is 0 Å². The molecule has 53 heavy (non-hydrogen) atoms. The van der Waals surface area contributed by atoms with E-state index in [1.807, 2.05) is 0 Å². The molecule has 2 heterocycles. The smallest absolute Gasteiger partial charge is 0.0708 e. The van der Waals surface area contributed by atoms with E-state index in [-0.39, 0.29) is 0 Å². The van der Waals surface area contributed by atoms with Gasteiger partial charge < -0.3 is 4.90 Å². The van der Waals surface area contributed by atoms with E-state index in [1.54, 1.807) is 0 Å². The molecule has 8 aromatic rings. The Hall–Kier alpha value is -6.08. The first-order valence-corrected chi connectivity index (χ1v) is 19.7. The summed E-state index contributed by atoms with van der Waals surface area (Å²) in [5.41, 5.74) is 11.6. The number of fused-ring (bicyclic) bond motifs is 7. The van der Waals surface area contributed by atoms with E-state index in [0.717, 1.165) is 46.3 Å². The van der Waals surface area contributed by atoms with Crippen LogP contribution in [-0.2, 0) is 0 Å². The highest BCUT2D eigenvalue weighted by molar-refractivity contribution is 7.79. The molecular formula is C50H37N2P. The molecular weight excluding hydrogens is 660 g/mol. The second kappa shape index (κ2) is 12.8. The van der Waals surface area contributed by atoms with Crippen molar-refractivity contribution in [3.8, 4) is 22.3 Å². The minimum absolute atomic E-state index is 0.726. The number of pyridine rings is 1. The van der Waals surface area contributed by atoms with Gasteiger partial charge in [0.05, 0.1) is 11.2 Å². The van der Waals surface area contributed by atoms with Crippen molar-refractivity contribution in [3.05, 3.63) is 186 Å². The van der Waals surface area contributed by atoms with Gasteiger partial charge in [0.25, 0.3) is 0 Å². The van der Waals surface area contributed by atoms with Crippen LogP contribution < -0.4 is 31.3 Å². The van der Waals surface area contributed by atoms with Crippen LogP contribution in [0.15, 0.2) is 164 Å². The van der Waals surface area contributed by atoms with Crippen molar-refractivity contribution in [3.63, 3.8) is 0 Å². The van der Waals surface area contributed by atoms with Gasteiger partial charge in [-0.15, -0.1) is 0 Å². The minimum atomic E-state index is -0.726. The molecule has 0 spiro atoms. The van der Waals surface area contributed by atoms with Gasteiger partial charge in [-0.2, -0.15) is 0 Å². The van der Waals surface area contributed by atoms with Crippen LogP contribution in [0, 0.1) is 6.92 Å². The molecule has 1 aromatic heterocycles. The first-order chi connectivity index (χ1) is 26.1. The van der Waals surface area contributed by atoms with Gasteiger partial charge in [0.1, 0.15) is 0 Å². The van der Waals surface area contributed by atoms with Crippen LogP contribution >= 0.6 is 7.92 Å². The Balaban J connectivity index is 1.09. The third-order valence-corrected chi connectivity index (χ3v) is 13.2. The predicted octanol–water partition coefficient (Wildman–Crippen LogP) is 10.3. The van der Waals surface area contributed by atoms with Gasteiger partial charge in [-0.3, -0.25) is 4.98 Å². The summed E-state index contributed by atoms with van der Waals surface area (Å²) in [5.74, 6) is 0. The van der Waals surface area contributed by atoms with E-state index in [1.165, 1.54) is 65.1 Å². The van der Waals surface area contributed by atoms with Crippen LogP contribution in [0.1, 0.15) is 24.0 Å². The zero-order chi connectivity index (χ0) is 35.5. The second-order valence-corrected chi connectivity index (χ2v) is 16.3. The number of aromatic nitrogens is 1. The molecule has 10 rings (SSSR count). The summed E-state index contributed by atoms with van der Waals surface area (Å²) in [7, 11) is -0.726. The Kier molecular flexibility index (Phi) is 7.67. The van der Waals surface area contributed by atoms with Crippen molar-refractivity contribution in [2.24, 2.45) is 0 Å². The maximum Gasteiger partial charge on any atom is 0.0708 e. The maximum atomic E-state index is 5.09. The van der Waals surface area contributed by atoms with Crippen LogP contribution in [0.25, 0.3) is 61.8 Å². The van der Waals surface area contributed by atoms with Crippen molar-refractivity contribution < 1.29 is 0 Å². The summed E-state index contributed by atoms with van der Waals surface area (Å²) < 4.78 is 0. The fourth-order valence-corrected chi connectivity index (χ4v) is 10.5. The Morgan fingerprint density at radius 3 is 2.00 bits per heavy atom. The lowest BCUT2D eigenvalue weighted by Gasteiger charge is -2.37. The monoisotopic (exact) mass is 696 g/mol. The van der Waals surface area contributed by atoms with Crippen LogP contribution in [0.4, 0.5) is 11.4 Å². The SMILES string of the molecule is C=C1c2c(ccc3ccccc23)-c2cc3c(cc2N1c1cc(-c2ccc4cc(P(c5ccccc5)c5ccccc5)cnc4c2)ccc1C)=CCCC=3. The topological polar surface area (TPSA) is 16.1 Å². The second-order valence-electron chi connectivity index (χ2n) is 14.1. The molecule has 0 saturated heterocycles. The molecule has 0 radical (unpaired) electrons. The molecule has 7 aromatic carbocycles. The molecule has 0 N–H and O–H groups in total.